The molecule has 1 aliphatic carbocycles. The number of sulfone groups is 1. The van der Waals surface area contributed by atoms with E-state index >= 15 is 0 Å². The van der Waals surface area contributed by atoms with E-state index in [1.54, 1.807) is 12.4 Å². The Morgan fingerprint density at radius 1 is 1.32 bits per heavy atom. The third-order valence-electron chi connectivity index (χ3n) is 4.53. The van der Waals surface area contributed by atoms with E-state index in [0.717, 1.165) is 18.5 Å². The van der Waals surface area contributed by atoms with Crippen molar-refractivity contribution in [2.24, 2.45) is 11.8 Å². The minimum Gasteiger partial charge on any atom is -0.397 e. The number of hydrogen-bond acceptors (Lipinski definition) is 5. The predicted octanol–water partition coefficient (Wildman–Crippen LogP) is 2.24. The van der Waals surface area contributed by atoms with E-state index < -0.39 is 9.84 Å². The molecular formula is C16H26N2O3S. The Bertz CT molecular complexity index is 591. The fourth-order valence-corrected chi connectivity index (χ4v) is 3.93. The Morgan fingerprint density at radius 3 is 2.50 bits per heavy atom. The molecule has 0 amide bonds. The smallest absolute Gasteiger partial charge is 0.149 e. The van der Waals surface area contributed by atoms with Gasteiger partial charge in [-0.1, -0.05) is 13.8 Å². The molecule has 1 aromatic rings. The van der Waals surface area contributed by atoms with Crippen molar-refractivity contribution in [2.45, 2.75) is 38.7 Å². The lowest BCUT2D eigenvalue weighted by atomic mass is 9.72. The van der Waals surface area contributed by atoms with Gasteiger partial charge in [0.25, 0.3) is 0 Å². The summed E-state index contributed by atoms with van der Waals surface area (Å²) in [6.07, 6.45) is 6.85. The third-order valence-corrected chi connectivity index (χ3v) is 5.43. The van der Waals surface area contributed by atoms with Crippen molar-refractivity contribution in [3.63, 3.8) is 0 Å². The van der Waals surface area contributed by atoms with Crippen molar-refractivity contribution in [1.82, 2.24) is 4.98 Å². The summed E-state index contributed by atoms with van der Waals surface area (Å²) in [5.74, 6) is 1.26. The number of hydrogen-bond donors (Lipinski definition) is 1. The number of aromatic nitrogens is 1. The highest BCUT2D eigenvalue weighted by Gasteiger charge is 2.35. The Balaban J connectivity index is 1.98. The number of nitrogens with zero attached hydrogens (tertiary/aromatic N) is 1. The zero-order chi connectivity index (χ0) is 16.3. The maximum atomic E-state index is 11.2. The second kappa shape index (κ2) is 6.96. The summed E-state index contributed by atoms with van der Waals surface area (Å²) in [6.45, 7) is 4.62. The van der Waals surface area contributed by atoms with Gasteiger partial charge in [-0.3, -0.25) is 4.98 Å². The number of rotatable bonds is 5. The van der Waals surface area contributed by atoms with Crippen LogP contribution in [0.5, 0.6) is 0 Å². The van der Waals surface area contributed by atoms with Gasteiger partial charge in [-0.2, -0.15) is 0 Å². The monoisotopic (exact) mass is 326 g/mol. The van der Waals surface area contributed by atoms with Crippen LogP contribution in [0.1, 0.15) is 38.2 Å². The zero-order valence-electron chi connectivity index (χ0n) is 13.5. The molecule has 4 atom stereocenters. The molecule has 0 radical (unpaired) electrons. The summed E-state index contributed by atoms with van der Waals surface area (Å²) < 4.78 is 28.3. The Morgan fingerprint density at radius 2 is 1.95 bits per heavy atom. The van der Waals surface area contributed by atoms with Crippen molar-refractivity contribution >= 4 is 15.5 Å². The van der Waals surface area contributed by atoms with Gasteiger partial charge in [0, 0.05) is 12.5 Å². The first-order valence-corrected chi connectivity index (χ1v) is 9.82. The van der Waals surface area contributed by atoms with Crippen molar-refractivity contribution in [2.75, 3.05) is 24.3 Å². The molecule has 2 rings (SSSR count). The van der Waals surface area contributed by atoms with E-state index in [-0.39, 0.29) is 18.5 Å². The normalized spacial score (nSPS) is 29.4. The van der Waals surface area contributed by atoms with Crippen LogP contribution in [-0.2, 0) is 14.6 Å². The van der Waals surface area contributed by atoms with E-state index in [0.29, 0.717) is 17.8 Å². The third kappa shape index (κ3) is 4.43. The fourth-order valence-electron chi connectivity index (χ4n) is 3.53. The molecule has 1 aromatic heterocycles. The molecule has 124 valence electrons. The summed E-state index contributed by atoms with van der Waals surface area (Å²) in [7, 11) is -2.97. The van der Waals surface area contributed by atoms with Gasteiger partial charge in [-0.05, 0) is 42.2 Å². The SMILES string of the molecule is C[C@@H]1C[C@H](c2ccncc2N)C[C@H](C)[C@@H]1OCCS(C)(=O)=O. The molecule has 0 bridgehead atoms. The van der Waals surface area contributed by atoms with Crippen molar-refractivity contribution < 1.29 is 13.2 Å². The summed E-state index contributed by atoms with van der Waals surface area (Å²) in [5, 5.41) is 0. The number of ether oxygens (including phenoxy) is 1. The Labute approximate surface area is 133 Å². The topological polar surface area (TPSA) is 82.3 Å². The Kier molecular flexibility index (Phi) is 5.45. The molecule has 1 heterocycles. The maximum absolute atomic E-state index is 11.2. The fraction of sp³-hybridized carbons (Fsp3) is 0.688. The van der Waals surface area contributed by atoms with Crippen LogP contribution >= 0.6 is 0 Å². The quantitative estimate of drug-likeness (QED) is 0.897. The van der Waals surface area contributed by atoms with E-state index in [2.05, 4.69) is 18.8 Å². The second-order valence-corrected chi connectivity index (χ2v) is 8.85. The molecular weight excluding hydrogens is 300 g/mol. The largest absolute Gasteiger partial charge is 0.397 e. The van der Waals surface area contributed by atoms with E-state index in [4.69, 9.17) is 10.5 Å². The maximum Gasteiger partial charge on any atom is 0.149 e. The van der Waals surface area contributed by atoms with Gasteiger partial charge in [0.15, 0.2) is 0 Å². The van der Waals surface area contributed by atoms with Gasteiger partial charge in [0.1, 0.15) is 9.84 Å². The lowest BCUT2D eigenvalue weighted by Crippen LogP contribution is -2.37. The van der Waals surface area contributed by atoms with Crippen molar-refractivity contribution in [1.29, 1.82) is 0 Å². The average molecular weight is 326 g/mol. The Hall–Kier alpha value is -1.14. The predicted molar refractivity (Wildman–Crippen MR) is 88.4 cm³/mol. The minimum atomic E-state index is -2.97. The first-order chi connectivity index (χ1) is 10.3. The van der Waals surface area contributed by atoms with Crippen LogP contribution in [0.4, 0.5) is 5.69 Å². The van der Waals surface area contributed by atoms with Crippen LogP contribution in [-0.4, -0.2) is 38.1 Å². The lowest BCUT2D eigenvalue weighted by molar-refractivity contribution is -0.0360. The number of pyridine rings is 1. The first-order valence-electron chi connectivity index (χ1n) is 7.76. The van der Waals surface area contributed by atoms with Gasteiger partial charge >= 0.3 is 0 Å². The molecule has 5 nitrogen and oxygen atoms in total. The van der Waals surface area contributed by atoms with Crippen LogP contribution in [0.2, 0.25) is 0 Å². The molecule has 0 aliphatic heterocycles. The highest BCUT2D eigenvalue weighted by molar-refractivity contribution is 7.90. The van der Waals surface area contributed by atoms with Crippen LogP contribution in [0, 0.1) is 11.8 Å². The minimum absolute atomic E-state index is 0.0870. The molecule has 0 spiro atoms. The summed E-state index contributed by atoms with van der Waals surface area (Å²) >= 11 is 0. The van der Waals surface area contributed by atoms with Gasteiger partial charge in [-0.15, -0.1) is 0 Å². The average Bonchev–Trinajstić information content (AvgIpc) is 2.41. The first kappa shape index (κ1) is 17.2. The van der Waals surface area contributed by atoms with Gasteiger partial charge < -0.3 is 10.5 Å². The lowest BCUT2D eigenvalue weighted by Gasteiger charge is -2.39. The summed E-state index contributed by atoms with van der Waals surface area (Å²) in [5.41, 5.74) is 7.97. The van der Waals surface area contributed by atoms with Crippen molar-refractivity contribution in [3.05, 3.63) is 24.0 Å². The molecule has 0 aromatic carbocycles. The van der Waals surface area contributed by atoms with Crippen LogP contribution in [0.3, 0.4) is 0 Å². The van der Waals surface area contributed by atoms with Gasteiger partial charge in [0.2, 0.25) is 0 Å². The molecule has 1 aliphatic rings. The molecule has 1 fully saturated rings. The molecule has 0 unspecified atom stereocenters. The van der Waals surface area contributed by atoms with Crippen molar-refractivity contribution in [3.8, 4) is 0 Å². The van der Waals surface area contributed by atoms with E-state index in [1.165, 1.54) is 11.8 Å². The second-order valence-electron chi connectivity index (χ2n) is 6.59. The number of anilines is 1. The molecule has 6 heteroatoms. The van der Waals surface area contributed by atoms with Crippen LogP contribution in [0.25, 0.3) is 0 Å². The number of nitrogen functional groups attached to an aromatic ring is 1. The standard InChI is InChI=1S/C16H26N2O3S/c1-11-8-13(14-4-5-18-10-15(14)17)9-12(2)16(11)21-6-7-22(3,19)20/h4-5,10-13,16H,6-9,17H2,1-3H3/t11-,12+,13+,16-. The van der Waals surface area contributed by atoms with E-state index in [1.807, 2.05) is 6.07 Å². The molecule has 1 saturated carbocycles. The highest BCUT2D eigenvalue weighted by Crippen LogP contribution is 2.42. The molecule has 0 saturated heterocycles. The van der Waals surface area contributed by atoms with Gasteiger partial charge in [0.05, 0.1) is 30.3 Å². The zero-order valence-corrected chi connectivity index (χ0v) is 14.3. The molecule has 22 heavy (non-hydrogen) atoms. The van der Waals surface area contributed by atoms with Crippen LogP contribution < -0.4 is 5.73 Å². The number of nitrogens with two attached hydrogens (primary N) is 1. The van der Waals surface area contributed by atoms with Crippen LogP contribution in [0.15, 0.2) is 18.5 Å². The van der Waals surface area contributed by atoms with E-state index in [9.17, 15) is 8.42 Å². The molecule has 2 N–H and O–H groups in total. The van der Waals surface area contributed by atoms with Gasteiger partial charge in [-0.25, -0.2) is 8.42 Å². The summed E-state index contributed by atoms with van der Waals surface area (Å²) in [6, 6.07) is 2.00. The highest BCUT2D eigenvalue weighted by atomic mass is 32.2. The summed E-state index contributed by atoms with van der Waals surface area (Å²) in [4.78, 5) is 4.05.